The molecule has 0 bridgehead atoms. The molecule has 0 fully saturated rings. The molecule has 20 heavy (non-hydrogen) atoms. The highest BCUT2D eigenvalue weighted by atomic mass is 14.8. The molecule has 0 spiro atoms. The van der Waals surface area contributed by atoms with Gasteiger partial charge in [-0.15, -0.1) is 0 Å². The largest absolute Gasteiger partial charge is 0.312 e. The van der Waals surface area contributed by atoms with Gasteiger partial charge in [0.25, 0.3) is 0 Å². The fourth-order valence-corrected chi connectivity index (χ4v) is 2.46. The number of fused-ring (bicyclic) bond motifs is 1. The zero-order valence-corrected chi connectivity index (χ0v) is 11.5. The Bertz CT molecular complexity index is 673. The van der Waals surface area contributed by atoms with Crippen molar-refractivity contribution >= 4 is 10.8 Å². The summed E-state index contributed by atoms with van der Waals surface area (Å²) in [5.74, 6) is 0. The van der Waals surface area contributed by atoms with Gasteiger partial charge in [-0.2, -0.15) is 0 Å². The first-order valence-electron chi connectivity index (χ1n) is 7.14. The minimum Gasteiger partial charge on any atom is -0.312 e. The maximum Gasteiger partial charge on any atom is 0.0205 e. The van der Waals surface area contributed by atoms with Gasteiger partial charge in [-0.25, -0.2) is 0 Å². The Morgan fingerprint density at radius 3 is 2.25 bits per heavy atom. The van der Waals surface area contributed by atoms with E-state index in [0.717, 1.165) is 19.5 Å². The summed E-state index contributed by atoms with van der Waals surface area (Å²) >= 11 is 0. The Labute approximate surface area is 120 Å². The summed E-state index contributed by atoms with van der Waals surface area (Å²) in [4.78, 5) is 0. The lowest BCUT2D eigenvalue weighted by Crippen LogP contribution is -2.16. The van der Waals surface area contributed by atoms with E-state index in [9.17, 15) is 0 Å². The summed E-state index contributed by atoms with van der Waals surface area (Å²) in [5, 5.41) is 6.14. The molecule has 0 heterocycles. The van der Waals surface area contributed by atoms with Crippen LogP contribution in [0.5, 0.6) is 0 Å². The summed E-state index contributed by atoms with van der Waals surface area (Å²) in [6.07, 6.45) is 1.08. The van der Waals surface area contributed by atoms with Gasteiger partial charge in [0.05, 0.1) is 0 Å². The molecule has 3 rings (SSSR count). The molecule has 0 atom stereocenters. The number of hydrogen-bond acceptors (Lipinski definition) is 1. The van der Waals surface area contributed by atoms with Crippen LogP contribution in [-0.2, 0) is 13.0 Å². The molecule has 0 amide bonds. The lowest BCUT2D eigenvalue weighted by atomic mass is 10.1. The van der Waals surface area contributed by atoms with Crippen LogP contribution in [0.4, 0.5) is 0 Å². The lowest BCUT2D eigenvalue weighted by Gasteiger charge is -2.06. The van der Waals surface area contributed by atoms with Gasteiger partial charge in [-0.1, -0.05) is 66.7 Å². The summed E-state index contributed by atoms with van der Waals surface area (Å²) < 4.78 is 0. The van der Waals surface area contributed by atoms with E-state index in [-0.39, 0.29) is 0 Å². The van der Waals surface area contributed by atoms with Crippen LogP contribution in [0.3, 0.4) is 0 Å². The van der Waals surface area contributed by atoms with E-state index < -0.39 is 0 Å². The quantitative estimate of drug-likeness (QED) is 0.680. The van der Waals surface area contributed by atoms with Crippen LogP contribution in [-0.4, -0.2) is 6.54 Å². The summed E-state index contributed by atoms with van der Waals surface area (Å²) in [6, 6.07) is 25.8. The van der Waals surface area contributed by atoms with Gasteiger partial charge < -0.3 is 5.32 Å². The van der Waals surface area contributed by atoms with E-state index in [1.807, 2.05) is 0 Å². The van der Waals surface area contributed by atoms with E-state index in [4.69, 9.17) is 0 Å². The molecule has 100 valence electrons. The fraction of sp³-hybridized carbons (Fsp3) is 0.158. The topological polar surface area (TPSA) is 12.0 Å². The van der Waals surface area contributed by atoms with Gasteiger partial charge in [0, 0.05) is 6.54 Å². The van der Waals surface area contributed by atoms with E-state index in [0.29, 0.717) is 0 Å². The first kappa shape index (κ1) is 12.9. The molecule has 0 unspecified atom stereocenters. The van der Waals surface area contributed by atoms with Gasteiger partial charge in [0.2, 0.25) is 0 Å². The zero-order valence-electron chi connectivity index (χ0n) is 11.5. The minimum absolute atomic E-state index is 0.928. The van der Waals surface area contributed by atoms with Crippen molar-refractivity contribution in [3.8, 4) is 0 Å². The second kappa shape index (κ2) is 6.36. The highest BCUT2D eigenvalue weighted by Gasteiger charge is 1.96. The van der Waals surface area contributed by atoms with Gasteiger partial charge >= 0.3 is 0 Å². The van der Waals surface area contributed by atoms with Crippen molar-refractivity contribution in [3.63, 3.8) is 0 Å². The van der Waals surface area contributed by atoms with Crippen molar-refractivity contribution in [3.05, 3.63) is 83.9 Å². The number of hydrogen-bond donors (Lipinski definition) is 1. The van der Waals surface area contributed by atoms with Crippen LogP contribution in [0, 0.1) is 0 Å². The summed E-state index contributed by atoms with van der Waals surface area (Å²) in [6.45, 7) is 1.94. The molecular formula is C19H19N. The molecule has 0 aliphatic carbocycles. The van der Waals surface area contributed by atoms with E-state index in [1.54, 1.807) is 0 Å². The van der Waals surface area contributed by atoms with E-state index in [2.05, 4.69) is 78.1 Å². The van der Waals surface area contributed by atoms with Gasteiger partial charge in [0.1, 0.15) is 0 Å². The van der Waals surface area contributed by atoms with Crippen molar-refractivity contribution in [2.75, 3.05) is 6.54 Å². The summed E-state index contributed by atoms with van der Waals surface area (Å²) in [5.41, 5.74) is 2.73. The van der Waals surface area contributed by atoms with Crippen molar-refractivity contribution < 1.29 is 0 Å². The van der Waals surface area contributed by atoms with Gasteiger partial charge in [-0.3, -0.25) is 0 Å². The van der Waals surface area contributed by atoms with E-state index >= 15 is 0 Å². The van der Waals surface area contributed by atoms with Crippen LogP contribution >= 0.6 is 0 Å². The molecule has 3 aromatic carbocycles. The van der Waals surface area contributed by atoms with Crippen LogP contribution in [0.25, 0.3) is 10.8 Å². The molecule has 0 saturated heterocycles. The molecule has 0 radical (unpaired) electrons. The standard InChI is InChI=1S/C19H19N/c1-2-6-16(7-3-1)12-13-20-15-17-10-11-18-8-4-5-9-19(18)14-17/h1-11,14,20H,12-13,15H2. The van der Waals surface area contributed by atoms with Crippen LogP contribution < -0.4 is 5.32 Å². The van der Waals surface area contributed by atoms with Crippen LogP contribution in [0.15, 0.2) is 72.8 Å². The Morgan fingerprint density at radius 2 is 1.40 bits per heavy atom. The Hall–Kier alpha value is -2.12. The SMILES string of the molecule is c1ccc(CCNCc2ccc3ccccc3c2)cc1. The Balaban J connectivity index is 1.55. The third kappa shape index (κ3) is 3.25. The first-order chi connectivity index (χ1) is 9.92. The molecule has 0 aromatic heterocycles. The highest BCUT2D eigenvalue weighted by Crippen LogP contribution is 2.15. The van der Waals surface area contributed by atoms with E-state index in [1.165, 1.54) is 21.9 Å². The molecule has 0 saturated carbocycles. The smallest absolute Gasteiger partial charge is 0.0205 e. The molecule has 0 aliphatic rings. The zero-order chi connectivity index (χ0) is 13.6. The average molecular weight is 261 g/mol. The van der Waals surface area contributed by atoms with Crippen LogP contribution in [0.2, 0.25) is 0 Å². The summed E-state index contributed by atoms with van der Waals surface area (Å²) in [7, 11) is 0. The third-order valence-electron chi connectivity index (χ3n) is 3.58. The molecule has 0 aliphatic heterocycles. The Kier molecular flexibility index (Phi) is 4.10. The fourth-order valence-electron chi connectivity index (χ4n) is 2.46. The molecule has 1 nitrogen and oxygen atoms in total. The average Bonchev–Trinajstić information content (AvgIpc) is 2.52. The first-order valence-corrected chi connectivity index (χ1v) is 7.14. The third-order valence-corrected chi connectivity index (χ3v) is 3.58. The van der Waals surface area contributed by atoms with Crippen molar-refractivity contribution in [1.29, 1.82) is 0 Å². The number of benzene rings is 3. The lowest BCUT2D eigenvalue weighted by molar-refractivity contribution is 0.687. The molecule has 3 aromatic rings. The normalized spacial score (nSPS) is 10.8. The predicted molar refractivity (Wildman–Crippen MR) is 85.8 cm³/mol. The van der Waals surface area contributed by atoms with Crippen molar-refractivity contribution in [1.82, 2.24) is 5.32 Å². The Morgan fingerprint density at radius 1 is 0.650 bits per heavy atom. The second-order valence-electron chi connectivity index (χ2n) is 5.09. The number of nitrogens with one attached hydrogen (secondary N) is 1. The minimum atomic E-state index is 0.928. The van der Waals surface area contributed by atoms with Crippen LogP contribution in [0.1, 0.15) is 11.1 Å². The molecular weight excluding hydrogens is 242 g/mol. The van der Waals surface area contributed by atoms with Crippen molar-refractivity contribution in [2.24, 2.45) is 0 Å². The highest BCUT2D eigenvalue weighted by molar-refractivity contribution is 5.82. The van der Waals surface area contributed by atoms with Gasteiger partial charge in [-0.05, 0) is 40.9 Å². The molecule has 1 heteroatoms. The van der Waals surface area contributed by atoms with Crippen molar-refractivity contribution in [2.45, 2.75) is 13.0 Å². The maximum atomic E-state index is 3.51. The maximum absolute atomic E-state index is 3.51. The monoisotopic (exact) mass is 261 g/mol. The molecule has 1 N–H and O–H groups in total. The number of rotatable bonds is 5. The predicted octanol–water partition coefficient (Wildman–Crippen LogP) is 4.17. The second-order valence-corrected chi connectivity index (χ2v) is 5.09. The van der Waals surface area contributed by atoms with Gasteiger partial charge in [0.15, 0.2) is 0 Å².